The molecule has 2 aromatic carbocycles. The molecule has 43 heavy (non-hydrogen) atoms. The summed E-state index contributed by atoms with van der Waals surface area (Å²) in [7, 11) is 4.67. The fourth-order valence-electron chi connectivity index (χ4n) is 5.53. The first kappa shape index (κ1) is 31.3. The highest BCUT2D eigenvalue weighted by molar-refractivity contribution is 5.86. The lowest BCUT2D eigenvalue weighted by Gasteiger charge is -2.20. The number of fused-ring (bicyclic) bond motifs is 3. The van der Waals surface area contributed by atoms with Crippen molar-refractivity contribution < 1.29 is 23.8 Å². The number of ether oxygens (including phenoxy) is 3. The van der Waals surface area contributed by atoms with Crippen LogP contribution >= 0.6 is 0 Å². The Morgan fingerprint density at radius 1 is 1.05 bits per heavy atom. The molecule has 0 spiro atoms. The molecule has 10 nitrogen and oxygen atoms in total. The third-order valence-corrected chi connectivity index (χ3v) is 7.46. The van der Waals surface area contributed by atoms with Gasteiger partial charge in [0.25, 0.3) is 0 Å². The second kappa shape index (κ2) is 14.0. The number of aryl methyl sites for hydroxylation is 1. The lowest BCUT2D eigenvalue weighted by molar-refractivity contribution is -0.122. The first-order chi connectivity index (χ1) is 20.7. The minimum Gasteiger partial charge on any atom is -0.493 e. The van der Waals surface area contributed by atoms with Crippen molar-refractivity contribution >= 4 is 17.5 Å². The lowest BCUT2D eigenvalue weighted by Crippen LogP contribution is -2.41. The fourth-order valence-corrected chi connectivity index (χ4v) is 5.53. The van der Waals surface area contributed by atoms with E-state index in [0.717, 1.165) is 22.3 Å². The summed E-state index contributed by atoms with van der Waals surface area (Å²) in [5.41, 5.74) is 3.92. The van der Waals surface area contributed by atoms with Gasteiger partial charge < -0.3 is 30.2 Å². The molecule has 0 saturated heterocycles. The first-order valence-electron chi connectivity index (χ1n) is 14.4. The summed E-state index contributed by atoms with van der Waals surface area (Å²) in [4.78, 5) is 43.4. The number of carbonyl (C=O) groups excluding carboxylic acids is 2. The Labute approximate surface area is 252 Å². The monoisotopic (exact) mass is 588 g/mol. The van der Waals surface area contributed by atoms with Crippen molar-refractivity contribution in [1.29, 1.82) is 0 Å². The van der Waals surface area contributed by atoms with E-state index in [1.807, 2.05) is 38.1 Å². The summed E-state index contributed by atoms with van der Waals surface area (Å²) in [5.74, 6) is 1.20. The van der Waals surface area contributed by atoms with Crippen LogP contribution < -0.4 is 35.6 Å². The third-order valence-electron chi connectivity index (χ3n) is 7.46. The van der Waals surface area contributed by atoms with Gasteiger partial charge in [0.2, 0.25) is 23.0 Å². The second-order valence-corrected chi connectivity index (χ2v) is 11.0. The smallest absolute Gasteiger partial charge is 0.242 e. The Morgan fingerprint density at radius 3 is 2.44 bits per heavy atom. The number of amides is 2. The molecule has 10 heteroatoms. The highest BCUT2D eigenvalue weighted by Gasteiger charge is 2.30. The van der Waals surface area contributed by atoms with Gasteiger partial charge in [0.05, 0.1) is 33.1 Å². The maximum atomic E-state index is 13.8. The number of methoxy groups -OCH3 is 3. The molecule has 0 fully saturated rings. The number of anilines is 1. The maximum Gasteiger partial charge on any atom is 0.242 e. The summed E-state index contributed by atoms with van der Waals surface area (Å²) < 4.78 is 17.1. The summed E-state index contributed by atoms with van der Waals surface area (Å²) in [6, 6.07) is 9.62. The van der Waals surface area contributed by atoms with Crippen molar-refractivity contribution in [2.45, 2.75) is 58.7 Å². The summed E-state index contributed by atoms with van der Waals surface area (Å²) in [6.45, 7) is 5.83. The first-order valence-corrected chi connectivity index (χ1v) is 14.4. The fraction of sp³-hybridized carbons (Fsp3) is 0.394. The van der Waals surface area contributed by atoms with Crippen LogP contribution in [0.15, 0.2) is 53.6 Å². The summed E-state index contributed by atoms with van der Waals surface area (Å²) >= 11 is 0. The van der Waals surface area contributed by atoms with Crippen LogP contribution in [0.1, 0.15) is 56.3 Å². The van der Waals surface area contributed by atoms with Crippen molar-refractivity contribution in [2.75, 3.05) is 26.6 Å². The Balaban J connectivity index is 1.81. The van der Waals surface area contributed by atoms with E-state index in [9.17, 15) is 14.4 Å². The topological polar surface area (TPSA) is 128 Å². The predicted molar refractivity (Wildman–Crippen MR) is 166 cm³/mol. The third kappa shape index (κ3) is 7.25. The molecule has 2 atom stereocenters. The van der Waals surface area contributed by atoms with Crippen molar-refractivity contribution in [3.05, 3.63) is 75.7 Å². The van der Waals surface area contributed by atoms with Crippen LogP contribution in [0, 0.1) is 5.92 Å². The zero-order valence-electron chi connectivity index (χ0n) is 25.6. The molecule has 3 aromatic rings. The highest BCUT2D eigenvalue weighted by atomic mass is 16.5. The molecule has 0 saturated carbocycles. The summed E-state index contributed by atoms with van der Waals surface area (Å²) in [5, 5.41) is 9.20. The zero-order valence-corrected chi connectivity index (χ0v) is 25.6. The van der Waals surface area contributed by atoms with Crippen molar-refractivity contribution in [3.63, 3.8) is 0 Å². The number of benzene rings is 1. The van der Waals surface area contributed by atoms with Crippen LogP contribution in [0.3, 0.4) is 0 Å². The molecule has 4 rings (SSSR count). The van der Waals surface area contributed by atoms with E-state index in [1.54, 1.807) is 45.9 Å². The van der Waals surface area contributed by atoms with E-state index in [-0.39, 0.29) is 28.8 Å². The van der Waals surface area contributed by atoms with Crippen LogP contribution in [0.4, 0.5) is 5.69 Å². The van der Waals surface area contributed by atoms with Gasteiger partial charge in [-0.3, -0.25) is 19.4 Å². The number of carbonyl (C=O) groups is 2. The molecule has 1 aliphatic carbocycles. The molecule has 0 radical (unpaired) electrons. The van der Waals surface area contributed by atoms with Gasteiger partial charge in [0.1, 0.15) is 6.04 Å². The van der Waals surface area contributed by atoms with E-state index >= 15 is 0 Å². The average Bonchev–Trinajstić information content (AvgIpc) is 3.23. The van der Waals surface area contributed by atoms with Crippen molar-refractivity contribution in [2.24, 2.45) is 5.92 Å². The van der Waals surface area contributed by atoms with Crippen LogP contribution in [-0.2, 0) is 22.6 Å². The molecule has 1 aliphatic rings. The van der Waals surface area contributed by atoms with E-state index in [1.165, 1.54) is 6.92 Å². The number of aromatic nitrogens is 1. The molecule has 228 valence electrons. The standard InChI is InChI=1S/C33H40N4O6/c1-19(2)14-27(33(40)35-18-21-8-7-13-34-17-21)37-26-12-10-23-24(16-28(26)39)25(36-20(3)38)11-9-22-15-29(41-4)31(42-5)32(43-6)30(22)23/h7-8,10,12-13,15-17,19,25,27H,9,11,14,18H2,1-6H3,(H,35,40)(H,36,38)(H,37,39). The quantitative estimate of drug-likeness (QED) is 0.301. The molecule has 3 N–H and O–H groups in total. The Bertz CT molecular complexity index is 1530. The number of hydrogen-bond donors (Lipinski definition) is 3. The van der Waals surface area contributed by atoms with Crippen molar-refractivity contribution in [3.8, 4) is 28.4 Å². The Hall–Kier alpha value is -4.60. The molecule has 1 aromatic heterocycles. The number of pyridine rings is 1. The number of nitrogens with zero attached hydrogens (tertiary/aromatic N) is 1. The van der Waals surface area contributed by atoms with Crippen LogP contribution in [-0.4, -0.2) is 44.2 Å². The molecule has 1 heterocycles. The zero-order chi connectivity index (χ0) is 31.1. The molecular formula is C33H40N4O6. The van der Waals surface area contributed by atoms with E-state index in [2.05, 4.69) is 20.9 Å². The van der Waals surface area contributed by atoms with Gasteiger partial charge in [-0.2, -0.15) is 0 Å². The van der Waals surface area contributed by atoms with Crippen molar-refractivity contribution in [1.82, 2.24) is 15.6 Å². The normalized spacial score (nSPS) is 14.4. The second-order valence-electron chi connectivity index (χ2n) is 11.0. The van der Waals surface area contributed by atoms with Gasteiger partial charge in [-0.05, 0) is 71.7 Å². The molecule has 2 unspecified atom stereocenters. The predicted octanol–water partition coefficient (Wildman–Crippen LogP) is 4.40. The van der Waals surface area contributed by atoms with E-state index in [0.29, 0.717) is 48.6 Å². The number of hydrogen-bond acceptors (Lipinski definition) is 8. The van der Waals surface area contributed by atoms with Crippen LogP contribution in [0.25, 0.3) is 11.1 Å². The molecule has 0 bridgehead atoms. The van der Waals surface area contributed by atoms with Gasteiger partial charge in [-0.25, -0.2) is 0 Å². The van der Waals surface area contributed by atoms with Crippen LogP contribution in [0.2, 0.25) is 0 Å². The molecular weight excluding hydrogens is 548 g/mol. The SMILES string of the molecule is COc1cc2c(c(OC)c1OC)-c1ccc(NC(CC(C)C)C(=O)NCc3cccnc3)c(=O)cc1C(NC(C)=O)CC2. The number of nitrogens with one attached hydrogen (secondary N) is 3. The average molecular weight is 589 g/mol. The van der Waals surface area contributed by atoms with E-state index < -0.39 is 12.1 Å². The number of rotatable bonds is 11. The minimum atomic E-state index is -0.649. The van der Waals surface area contributed by atoms with Gasteiger partial charge >= 0.3 is 0 Å². The molecule has 2 amide bonds. The maximum absolute atomic E-state index is 13.8. The highest BCUT2D eigenvalue weighted by Crippen LogP contribution is 2.50. The van der Waals surface area contributed by atoms with Crippen LogP contribution in [0.5, 0.6) is 17.2 Å². The lowest BCUT2D eigenvalue weighted by atomic mass is 9.95. The largest absolute Gasteiger partial charge is 0.493 e. The van der Waals surface area contributed by atoms with Gasteiger partial charge in [0, 0.05) is 31.4 Å². The van der Waals surface area contributed by atoms with Gasteiger partial charge in [0.15, 0.2) is 11.5 Å². The minimum absolute atomic E-state index is 0.189. The Kier molecular flexibility index (Phi) is 10.2. The Morgan fingerprint density at radius 2 is 1.81 bits per heavy atom. The van der Waals surface area contributed by atoms with E-state index in [4.69, 9.17) is 14.2 Å². The van der Waals surface area contributed by atoms with Gasteiger partial charge in [-0.1, -0.05) is 26.0 Å². The van der Waals surface area contributed by atoms with Gasteiger partial charge in [-0.15, -0.1) is 0 Å². The molecule has 0 aliphatic heterocycles. The summed E-state index contributed by atoms with van der Waals surface area (Å²) in [6.07, 6.45) is 5.05.